The number of carbonyl (C=O) groups is 1. The molecule has 0 aromatic carbocycles. The van der Waals surface area contributed by atoms with Crippen LogP contribution in [-0.4, -0.2) is 24.9 Å². The second kappa shape index (κ2) is 4.76. The van der Waals surface area contributed by atoms with Crippen LogP contribution in [0, 0.1) is 0 Å². The third-order valence-corrected chi connectivity index (χ3v) is 4.40. The van der Waals surface area contributed by atoms with E-state index in [2.05, 4.69) is 26.8 Å². The quantitative estimate of drug-likeness (QED) is 0.746. The summed E-state index contributed by atoms with van der Waals surface area (Å²) in [4.78, 5) is 15.4. The first-order chi connectivity index (χ1) is 7.23. The molecule has 16 heavy (non-hydrogen) atoms. The molecule has 0 saturated carbocycles. The van der Waals surface area contributed by atoms with Crippen LogP contribution in [0.15, 0.2) is 12.1 Å². The first-order valence-corrected chi connectivity index (χ1v) is 6.44. The van der Waals surface area contributed by atoms with Crippen LogP contribution in [0.25, 0.3) is 0 Å². The monoisotopic (exact) mass is 259 g/mol. The number of halogens is 1. The Labute approximate surface area is 106 Å². The van der Waals surface area contributed by atoms with Gasteiger partial charge in [0.15, 0.2) is 0 Å². The molecule has 0 radical (unpaired) electrons. The maximum atomic E-state index is 11.7. The van der Waals surface area contributed by atoms with Crippen molar-refractivity contribution in [1.29, 1.82) is 0 Å². The molecular weight excluding hydrogens is 242 g/mol. The summed E-state index contributed by atoms with van der Waals surface area (Å²) in [5, 5.41) is -0.559. The van der Waals surface area contributed by atoms with Crippen molar-refractivity contribution in [3.05, 3.63) is 21.9 Å². The van der Waals surface area contributed by atoms with Gasteiger partial charge < -0.3 is 4.90 Å². The van der Waals surface area contributed by atoms with E-state index in [1.54, 1.807) is 25.4 Å². The average molecular weight is 260 g/mol. The zero-order valence-electron chi connectivity index (χ0n) is 10.4. The van der Waals surface area contributed by atoms with Crippen LogP contribution in [0.5, 0.6) is 0 Å². The van der Waals surface area contributed by atoms with Crippen LogP contribution in [0.3, 0.4) is 0 Å². The standard InChI is InChI=1S/C12H18ClNOS/c1-12(2,3)9-7-6-8(16-9)10(13)11(15)14(4)5/h6-7,10H,1-5H3. The summed E-state index contributed by atoms with van der Waals surface area (Å²) < 4.78 is 0. The summed E-state index contributed by atoms with van der Waals surface area (Å²) >= 11 is 7.75. The number of hydrogen-bond donors (Lipinski definition) is 0. The molecule has 1 heterocycles. The smallest absolute Gasteiger partial charge is 0.245 e. The minimum Gasteiger partial charge on any atom is -0.347 e. The predicted molar refractivity (Wildman–Crippen MR) is 70.3 cm³/mol. The Bertz CT molecular complexity index is 379. The van der Waals surface area contributed by atoms with E-state index in [1.165, 1.54) is 9.78 Å². The fraction of sp³-hybridized carbons (Fsp3) is 0.583. The van der Waals surface area contributed by atoms with Crippen molar-refractivity contribution in [3.63, 3.8) is 0 Å². The first kappa shape index (κ1) is 13.5. The summed E-state index contributed by atoms with van der Waals surface area (Å²) in [5.74, 6) is -0.0658. The van der Waals surface area contributed by atoms with Gasteiger partial charge in [-0.15, -0.1) is 22.9 Å². The number of thiophene rings is 1. The summed E-state index contributed by atoms with van der Waals surface area (Å²) in [6, 6.07) is 4.00. The number of alkyl halides is 1. The van der Waals surface area contributed by atoms with E-state index in [4.69, 9.17) is 11.6 Å². The summed E-state index contributed by atoms with van der Waals surface area (Å²) in [7, 11) is 3.44. The normalized spacial score (nSPS) is 13.6. The molecule has 0 aliphatic heterocycles. The van der Waals surface area contributed by atoms with Gasteiger partial charge in [-0.1, -0.05) is 20.8 Å². The van der Waals surface area contributed by atoms with Gasteiger partial charge in [0, 0.05) is 23.8 Å². The Morgan fingerprint density at radius 1 is 1.38 bits per heavy atom. The molecule has 1 aromatic rings. The Hall–Kier alpha value is -0.540. The maximum Gasteiger partial charge on any atom is 0.245 e. The molecule has 0 fully saturated rings. The van der Waals surface area contributed by atoms with Gasteiger partial charge in [0.2, 0.25) is 5.91 Å². The van der Waals surface area contributed by atoms with Crippen molar-refractivity contribution >= 4 is 28.8 Å². The number of nitrogens with zero attached hydrogens (tertiary/aromatic N) is 1. The van der Waals surface area contributed by atoms with Crippen molar-refractivity contribution in [3.8, 4) is 0 Å². The lowest BCUT2D eigenvalue weighted by Crippen LogP contribution is -2.25. The van der Waals surface area contributed by atoms with E-state index in [9.17, 15) is 4.79 Å². The highest BCUT2D eigenvalue weighted by molar-refractivity contribution is 7.12. The largest absolute Gasteiger partial charge is 0.347 e. The fourth-order valence-electron chi connectivity index (χ4n) is 1.24. The molecule has 90 valence electrons. The van der Waals surface area contributed by atoms with Crippen molar-refractivity contribution in [1.82, 2.24) is 4.90 Å². The predicted octanol–water partition coefficient (Wildman–Crippen LogP) is 3.41. The molecule has 2 nitrogen and oxygen atoms in total. The van der Waals surface area contributed by atoms with Gasteiger partial charge in [0.05, 0.1) is 0 Å². The lowest BCUT2D eigenvalue weighted by atomic mass is 9.95. The highest BCUT2D eigenvalue weighted by atomic mass is 35.5. The highest BCUT2D eigenvalue weighted by Gasteiger charge is 2.23. The third kappa shape index (κ3) is 2.98. The highest BCUT2D eigenvalue weighted by Crippen LogP contribution is 2.35. The molecule has 4 heteroatoms. The lowest BCUT2D eigenvalue weighted by Gasteiger charge is -2.16. The molecule has 0 spiro atoms. The average Bonchev–Trinajstić information content (AvgIpc) is 2.63. The van der Waals surface area contributed by atoms with Gasteiger partial charge in [-0.05, 0) is 17.5 Å². The summed E-state index contributed by atoms with van der Waals surface area (Å²) in [5.41, 5.74) is 0.112. The second-order valence-corrected chi connectivity index (χ2v) is 6.60. The van der Waals surface area contributed by atoms with Gasteiger partial charge in [-0.3, -0.25) is 4.79 Å². The third-order valence-electron chi connectivity index (χ3n) is 2.27. The topological polar surface area (TPSA) is 20.3 Å². The van der Waals surface area contributed by atoms with Gasteiger partial charge in [-0.25, -0.2) is 0 Å². The van der Waals surface area contributed by atoms with Crippen LogP contribution in [0.4, 0.5) is 0 Å². The van der Waals surface area contributed by atoms with E-state index in [1.807, 2.05) is 6.07 Å². The number of rotatable bonds is 2. The van der Waals surface area contributed by atoms with E-state index in [-0.39, 0.29) is 11.3 Å². The second-order valence-electron chi connectivity index (χ2n) is 5.05. The van der Waals surface area contributed by atoms with Crippen molar-refractivity contribution in [2.75, 3.05) is 14.1 Å². The lowest BCUT2D eigenvalue weighted by molar-refractivity contribution is -0.128. The van der Waals surface area contributed by atoms with Crippen LogP contribution in [0.2, 0.25) is 0 Å². The van der Waals surface area contributed by atoms with E-state index >= 15 is 0 Å². The van der Waals surface area contributed by atoms with Crippen LogP contribution in [0.1, 0.15) is 35.9 Å². The van der Waals surface area contributed by atoms with Gasteiger partial charge in [0.25, 0.3) is 0 Å². The Kier molecular flexibility index (Phi) is 4.02. The molecule has 1 amide bonds. The molecule has 1 unspecified atom stereocenters. The Morgan fingerprint density at radius 3 is 2.31 bits per heavy atom. The van der Waals surface area contributed by atoms with E-state index < -0.39 is 5.38 Å². The molecule has 1 atom stereocenters. The zero-order chi connectivity index (χ0) is 12.5. The van der Waals surface area contributed by atoms with Gasteiger partial charge in [0.1, 0.15) is 5.38 Å². The maximum absolute atomic E-state index is 11.7. The Morgan fingerprint density at radius 2 is 1.94 bits per heavy atom. The SMILES string of the molecule is CN(C)C(=O)C(Cl)c1ccc(C(C)(C)C)s1. The molecule has 0 N–H and O–H groups in total. The summed E-state index contributed by atoms with van der Waals surface area (Å²) in [6.07, 6.45) is 0. The molecule has 1 rings (SSSR count). The van der Waals surface area contributed by atoms with Crippen LogP contribution < -0.4 is 0 Å². The van der Waals surface area contributed by atoms with E-state index in [0.717, 1.165) is 4.88 Å². The molecule has 0 aliphatic rings. The minimum atomic E-state index is -0.559. The minimum absolute atomic E-state index is 0.0658. The van der Waals surface area contributed by atoms with E-state index in [0.29, 0.717) is 0 Å². The zero-order valence-corrected chi connectivity index (χ0v) is 11.9. The molecule has 1 aromatic heterocycles. The van der Waals surface area contributed by atoms with Crippen LogP contribution in [-0.2, 0) is 10.2 Å². The number of amides is 1. The van der Waals surface area contributed by atoms with Crippen molar-refractivity contribution < 1.29 is 4.79 Å². The molecule has 0 aliphatic carbocycles. The van der Waals surface area contributed by atoms with Crippen molar-refractivity contribution in [2.45, 2.75) is 31.6 Å². The number of carbonyl (C=O) groups excluding carboxylic acids is 1. The molecule has 0 saturated heterocycles. The fourth-order valence-corrected chi connectivity index (χ4v) is 2.68. The summed E-state index contributed by atoms with van der Waals surface area (Å²) in [6.45, 7) is 6.46. The molecular formula is C12H18ClNOS. The van der Waals surface area contributed by atoms with Gasteiger partial charge >= 0.3 is 0 Å². The number of hydrogen-bond acceptors (Lipinski definition) is 2. The van der Waals surface area contributed by atoms with Gasteiger partial charge in [-0.2, -0.15) is 0 Å². The molecule has 0 bridgehead atoms. The van der Waals surface area contributed by atoms with Crippen molar-refractivity contribution in [2.24, 2.45) is 0 Å². The number of likely N-dealkylation sites (N-methyl/N-ethyl adjacent to an activating group) is 1. The van der Waals surface area contributed by atoms with Crippen LogP contribution >= 0.6 is 22.9 Å². The Balaban J connectivity index is 2.90. The first-order valence-electron chi connectivity index (χ1n) is 5.19.